The average molecular weight is 220 g/mol. The van der Waals surface area contributed by atoms with Crippen LogP contribution in [-0.4, -0.2) is 12.6 Å². The average Bonchev–Trinajstić information content (AvgIpc) is 3.06. The molecule has 16 heavy (non-hydrogen) atoms. The van der Waals surface area contributed by atoms with E-state index in [9.17, 15) is 4.79 Å². The van der Waals surface area contributed by atoms with Crippen molar-refractivity contribution in [2.24, 2.45) is 5.41 Å². The summed E-state index contributed by atoms with van der Waals surface area (Å²) in [6.45, 7) is 4.40. The number of ether oxygens (including phenoxy) is 1. The monoisotopic (exact) mass is 220 g/mol. The lowest BCUT2D eigenvalue weighted by Gasteiger charge is -2.18. The maximum absolute atomic E-state index is 11.9. The molecule has 1 atom stereocenters. The molecule has 0 aromatic carbocycles. The lowest BCUT2D eigenvalue weighted by Crippen LogP contribution is -2.22. The second kappa shape index (κ2) is 4.44. The third-order valence-corrected chi connectivity index (χ3v) is 3.62. The standard InChI is InChI=1S/C14H20O2/c1-3-14(13(15)16-4-2)10-12(14)11-8-6-5-7-9-11/h8,10H,3-7,9H2,1-2H3. The van der Waals surface area contributed by atoms with Crippen LogP contribution in [0, 0.1) is 5.41 Å². The first-order valence-electron chi connectivity index (χ1n) is 6.34. The Kier molecular flexibility index (Phi) is 3.17. The Balaban J connectivity index is 2.07. The zero-order valence-electron chi connectivity index (χ0n) is 10.2. The molecule has 0 N–H and O–H groups in total. The van der Waals surface area contributed by atoms with Gasteiger partial charge in [-0.05, 0) is 50.2 Å². The molecule has 0 aromatic heterocycles. The lowest BCUT2D eigenvalue weighted by atomic mass is 9.88. The summed E-state index contributed by atoms with van der Waals surface area (Å²) in [5.41, 5.74) is 2.27. The van der Waals surface area contributed by atoms with Crippen molar-refractivity contribution in [1.29, 1.82) is 0 Å². The Hall–Kier alpha value is -1.05. The van der Waals surface area contributed by atoms with Crippen LogP contribution in [0.4, 0.5) is 0 Å². The van der Waals surface area contributed by atoms with Gasteiger partial charge in [-0.25, -0.2) is 0 Å². The van der Waals surface area contributed by atoms with Gasteiger partial charge in [0.15, 0.2) is 0 Å². The molecular weight excluding hydrogens is 200 g/mol. The van der Waals surface area contributed by atoms with Crippen molar-refractivity contribution in [2.75, 3.05) is 6.61 Å². The predicted octanol–water partition coefficient (Wildman–Crippen LogP) is 3.39. The van der Waals surface area contributed by atoms with E-state index in [-0.39, 0.29) is 11.4 Å². The number of carbonyl (C=O) groups excluding carboxylic acids is 1. The highest BCUT2D eigenvalue weighted by atomic mass is 16.5. The van der Waals surface area contributed by atoms with Crippen LogP contribution >= 0.6 is 0 Å². The van der Waals surface area contributed by atoms with Crippen LogP contribution in [-0.2, 0) is 9.53 Å². The molecule has 0 fully saturated rings. The van der Waals surface area contributed by atoms with Crippen LogP contribution in [0.2, 0.25) is 0 Å². The van der Waals surface area contributed by atoms with Gasteiger partial charge >= 0.3 is 5.97 Å². The van der Waals surface area contributed by atoms with Crippen LogP contribution in [0.5, 0.6) is 0 Å². The molecule has 2 nitrogen and oxygen atoms in total. The third-order valence-electron chi connectivity index (χ3n) is 3.62. The van der Waals surface area contributed by atoms with E-state index in [1.807, 2.05) is 6.92 Å². The minimum absolute atomic E-state index is 0.0565. The van der Waals surface area contributed by atoms with Gasteiger partial charge in [0.1, 0.15) is 5.41 Å². The molecule has 0 bridgehead atoms. The van der Waals surface area contributed by atoms with Gasteiger partial charge in [-0.15, -0.1) is 0 Å². The van der Waals surface area contributed by atoms with E-state index in [4.69, 9.17) is 4.74 Å². The highest BCUT2D eigenvalue weighted by Gasteiger charge is 2.51. The fourth-order valence-electron chi connectivity index (χ4n) is 2.54. The third kappa shape index (κ3) is 1.81. The first kappa shape index (κ1) is 11.4. The van der Waals surface area contributed by atoms with Crippen molar-refractivity contribution >= 4 is 5.97 Å². The van der Waals surface area contributed by atoms with Gasteiger partial charge in [0, 0.05) is 0 Å². The second-order valence-electron chi connectivity index (χ2n) is 4.58. The fourth-order valence-corrected chi connectivity index (χ4v) is 2.54. The number of hydrogen-bond donors (Lipinski definition) is 0. The number of carbonyl (C=O) groups is 1. The summed E-state index contributed by atoms with van der Waals surface area (Å²) in [5, 5.41) is 0. The van der Waals surface area contributed by atoms with Crippen LogP contribution in [0.25, 0.3) is 0 Å². The highest BCUT2D eigenvalue weighted by molar-refractivity contribution is 5.91. The molecule has 0 saturated carbocycles. The van der Waals surface area contributed by atoms with Crippen molar-refractivity contribution in [3.05, 3.63) is 23.3 Å². The SMILES string of the molecule is CCOC(=O)C1(CC)C=C1C1=CCCCC1. The molecule has 2 heteroatoms. The second-order valence-corrected chi connectivity index (χ2v) is 4.58. The quantitative estimate of drug-likeness (QED) is 0.679. The maximum atomic E-state index is 11.9. The molecule has 0 spiro atoms. The summed E-state index contributed by atoms with van der Waals surface area (Å²) < 4.78 is 5.16. The van der Waals surface area contributed by atoms with E-state index in [1.165, 1.54) is 24.0 Å². The van der Waals surface area contributed by atoms with Gasteiger partial charge in [-0.2, -0.15) is 0 Å². The number of rotatable bonds is 4. The molecular formula is C14H20O2. The van der Waals surface area contributed by atoms with Crippen LogP contribution in [0.3, 0.4) is 0 Å². The van der Waals surface area contributed by atoms with Crippen molar-refractivity contribution in [1.82, 2.24) is 0 Å². The van der Waals surface area contributed by atoms with Crippen molar-refractivity contribution < 1.29 is 9.53 Å². The molecule has 0 aromatic rings. The number of esters is 1. The zero-order valence-corrected chi connectivity index (χ0v) is 10.2. The van der Waals surface area contributed by atoms with Gasteiger partial charge < -0.3 is 4.74 Å². The topological polar surface area (TPSA) is 26.3 Å². The molecule has 0 aliphatic heterocycles. The van der Waals surface area contributed by atoms with E-state index < -0.39 is 0 Å². The van der Waals surface area contributed by atoms with E-state index in [0.29, 0.717) is 6.61 Å². The summed E-state index contributed by atoms with van der Waals surface area (Å²) in [7, 11) is 0. The Morgan fingerprint density at radius 2 is 2.25 bits per heavy atom. The molecule has 0 saturated heterocycles. The van der Waals surface area contributed by atoms with Gasteiger partial charge in [0.2, 0.25) is 0 Å². The molecule has 0 radical (unpaired) electrons. The van der Waals surface area contributed by atoms with Gasteiger partial charge in [-0.1, -0.05) is 19.1 Å². The molecule has 88 valence electrons. The Morgan fingerprint density at radius 1 is 1.44 bits per heavy atom. The summed E-state index contributed by atoms with van der Waals surface area (Å²) in [5.74, 6) is -0.0565. The van der Waals surface area contributed by atoms with Crippen LogP contribution in [0.1, 0.15) is 46.0 Å². The summed E-state index contributed by atoms with van der Waals surface area (Å²) >= 11 is 0. The number of allylic oxidation sites excluding steroid dienone is 2. The number of hydrogen-bond acceptors (Lipinski definition) is 2. The normalized spacial score (nSPS) is 28.1. The van der Waals surface area contributed by atoms with Gasteiger partial charge in [-0.3, -0.25) is 4.79 Å². The summed E-state index contributed by atoms with van der Waals surface area (Å²) in [4.78, 5) is 11.9. The van der Waals surface area contributed by atoms with Crippen LogP contribution in [0.15, 0.2) is 23.3 Å². The largest absolute Gasteiger partial charge is 0.465 e. The predicted molar refractivity (Wildman–Crippen MR) is 64.0 cm³/mol. The molecule has 2 aliphatic rings. The molecule has 1 unspecified atom stereocenters. The van der Waals surface area contributed by atoms with Crippen LogP contribution < -0.4 is 0 Å². The first-order valence-corrected chi connectivity index (χ1v) is 6.34. The summed E-state index contributed by atoms with van der Waals surface area (Å²) in [6.07, 6.45) is 10.1. The molecule has 2 rings (SSSR count). The van der Waals surface area contributed by atoms with E-state index in [0.717, 1.165) is 19.3 Å². The molecule has 0 heterocycles. The molecule has 0 amide bonds. The maximum Gasteiger partial charge on any atom is 0.320 e. The lowest BCUT2D eigenvalue weighted by molar-refractivity contribution is -0.148. The summed E-state index contributed by atoms with van der Waals surface area (Å²) in [6, 6.07) is 0. The van der Waals surface area contributed by atoms with Crippen molar-refractivity contribution in [3.8, 4) is 0 Å². The zero-order chi connectivity index (χ0) is 11.6. The fraction of sp³-hybridized carbons (Fsp3) is 0.643. The van der Waals surface area contributed by atoms with E-state index in [2.05, 4.69) is 19.1 Å². The Bertz CT molecular complexity index is 352. The van der Waals surface area contributed by atoms with Crippen molar-refractivity contribution in [3.63, 3.8) is 0 Å². The van der Waals surface area contributed by atoms with Crippen molar-refractivity contribution in [2.45, 2.75) is 46.0 Å². The minimum Gasteiger partial charge on any atom is -0.465 e. The van der Waals surface area contributed by atoms with E-state index >= 15 is 0 Å². The Labute approximate surface area is 97.4 Å². The van der Waals surface area contributed by atoms with Gasteiger partial charge in [0.05, 0.1) is 6.61 Å². The van der Waals surface area contributed by atoms with E-state index in [1.54, 1.807) is 0 Å². The molecule has 2 aliphatic carbocycles. The van der Waals surface area contributed by atoms with Gasteiger partial charge in [0.25, 0.3) is 0 Å². The minimum atomic E-state index is -0.362. The first-order chi connectivity index (χ1) is 7.74. The highest BCUT2D eigenvalue weighted by Crippen LogP contribution is 2.53. The Morgan fingerprint density at radius 3 is 2.81 bits per heavy atom. The smallest absolute Gasteiger partial charge is 0.320 e.